The molecule has 0 aliphatic carbocycles. The molecule has 0 saturated carbocycles. The summed E-state index contributed by atoms with van der Waals surface area (Å²) < 4.78 is 26.9. The van der Waals surface area contributed by atoms with Gasteiger partial charge in [-0.05, 0) is 49.7 Å². The molecule has 3 aromatic rings. The largest absolute Gasteiger partial charge is 0.490 e. The van der Waals surface area contributed by atoms with Crippen molar-refractivity contribution in [1.29, 1.82) is 0 Å². The first kappa shape index (κ1) is 21.1. The number of aromatic nitrogens is 2. The third-order valence-electron chi connectivity index (χ3n) is 4.36. The Morgan fingerprint density at radius 1 is 1.14 bits per heavy atom. The standard InChI is InChI=1S/C22H25ClFN3O2/c1-2-28-22-12-17(14-25-8-3-10-27-11-9-26-16-27)4-7-21(22)29-15-18-5-6-19(24)13-20(18)23/h4-7,9,11-13,16,25H,2-3,8,10,14-15H2,1H3. The number of aryl methyl sites for hydroxylation is 1. The summed E-state index contributed by atoms with van der Waals surface area (Å²) in [6.45, 7) is 5.30. The van der Waals surface area contributed by atoms with E-state index in [0.717, 1.165) is 37.2 Å². The van der Waals surface area contributed by atoms with Gasteiger partial charge in [-0.15, -0.1) is 0 Å². The summed E-state index contributed by atoms with van der Waals surface area (Å²) in [5, 5.41) is 3.79. The summed E-state index contributed by atoms with van der Waals surface area (Å²) in [5.74, 6) is 0.954. The lowest BCUT2D eigenvalue weighted by atomic mass is 10.2. The predicted molar refractivity (Wildman–Crippen MR) is 112 cm³/mol. The Kier molecular flexibility index (Phi) is 7.90. The van der Waals surface area contributed by atoms with Crippen molar-refractivity contribution in [2.45, 2.75) is 33.0 Å². The van der Waals surface area contributed by atoms with Gasteiger partial charge in [-0.25, -0.2) is 9.37 Å². The molecular weight excluding hydrogens is 393 g/mol. The van der Waals surface area contributed by atoms with Crippen LogP contribution in [0, 0.1) is 5.82 Å². The van der Waals surface area contributed by atoms with Crippen LogP contribution in [0.15, 0.2) is 55.1 Å². The van der Waals surface area contributed by atoms with Crippen LogP contribution in [0.3, 0.4) is 0 Å². The molecule has 0 amide bonds. The maximum absolute atomic E-state index is 13.2. The zero-order chi connectivity index (χ0) is 20.5. The quantitative estimate of drug-likeness (QED) is 0.454. The summed E-state index contributed by atoms with van der Waals surface area (Å²) >= 11 is 6.07. The predicted octanol–water partition coefficient (Wildman–Crippen LogP) is 4.83. The van der Waals surface area contributed by atoms with Crippen molar-refractivity contribution in [3.8, 4) is 11.5 Å². The van der Waals surface area contributed by atoms with E-state index >= 15 is 0 Å². The fourth-order valence-corrected chi connectivity index (χ4v) is 3.10. The molecule has 154 valence electrons. The van der Waals surface area contributed by atoms with Crippen molar-refractivity contribution in [2.24, 2.45) is 0 Å². The van der Waals surface area contributed by atoms with Crippen molar-refractivity contribution < 1.29 is 13.9 Å². The summed E-state index contributed by atoms with van der Waals surface area (Å²) in [6, 6.07) is 10.2. The van der Waals surface area contributed by atoms with Crippen molar-refractivity contribution in [3.05, 3.63) is 77.1 Å². The Morgan fingerprint density at radius 3 is 2.79 bits per heavy atom. The van der Waals surface area contributed by atoms with E-state index in [1.165, 1.54) is 12.1 Å². The van der Waals surface area contributed by atoms with Gasteiger partial charge >= 0.3 is 0 Å². The first-order valence-electron chi connectivity index (χ1n) is 9.64. The molecular formula is C22H25ClFN3O2. The van der Waals surface area contributed by atoms with Gasteiger partial charge in [0.1, 0.15) is 12.4 Å². The van der Waals surface area contributed by atoms with Crippen LogP contribution >= 0.6 is 11.6 Å². The second-order valence-corrected chi connectivity index (χ2v) is 6.98. The van der Waals surface area contributed by atoms with E-state index in [9.17, 15) is 4.39 Å². The number of benzene rings is 2. The fourth-order valence-electron chi connectivity index (χ4n) is 2.88. The van der Waals surface area contributed by atoms with Gasteiger partial charge in [0.2, 0.25) is 0 Å². The molecule has 0 bridgehead atoms. The zero-order valence-electron chi connectivity index (χ0n) is 16.4. The number of ether oxygens (including phenoxy) is 2. The highest BCUT2D eigenvalue weighted by Crippen LogP contribution is 2.30. The number of hydrogen-bond acceptors (Lipinski definition) is 4. The van der Waals surface area contributed by atoms with Gasteiger partial charge < -0.3 is 19.4 Å². The lowest BCUT2D eigenvalue weighted by molar-refractivity contribution is 0.269. The van der Waals surface area contributed by atoms with Gasteiger partial charge in [-0.1, -0.05) is 23.7 Å². The molecule has 1 heterocycles. The van der Waals surface area contributed by atoms with Gasteiger partial charge in [0.25, 0.3) is 0 Å². The number of nitrogens with one attached hydrogen (secondary N) is 1. The molecule has 2 aromatic carbocycles. The van der Waals surface area contributed by atoms with E-state index in [1.807, 2.05) is 37.6 Å². The fraction of sp³-hybridized carbons (Fsp3) is 0.318. The normalized spacial score (nSPS) is 10.9. The number of hydrogen-bond donors (Lipinski definition) is 1. The summed E-state index contributed by atoms with van der Waals surface area (Å²) in [5.41, 5.74) is 1.84. The molecule has 0 aliphatic rings. The molecule has 0 fully saturated rings. The van der Waals surface area contributed by atoms with Gasteiger partial charge in [0.15, 0.2) is 11.5 Å². The van der Waals surface area contributed by atoms with E-state index in [-0.39, 0.29) is 12.4 Å². The van der Waals surface area contributed by atoms with Gasteiger partial charge in [0, 0.05) is 31.0 Å². The Hall–Kier alpha value is -2.57. The highest BCUT2D eigenvalue weighted by atomic mass is 35.5. The van der Waals surface area contributed by atoms with Crippen LogP contribution in [-0.4, -0.2) is 22.7 Å². The summed E-state index contributed by atoms with van der Waals surface area (Å²) in [7, 11) is 0. The minimum absolute atomic E-state index is 0.241. The number of halogens is 2. The molecule has 0 aliphatic heterocycles. The minimum atomic E-state index is -0.365. The molecule has 0 radical (unpaired) electrons. The van der Waals surface area contributed by atoms with Gasteiger partial charge in [-0.3, -0.25) is 0 Å². The summed E-state index contributed by atoms with van der Waals surface area (Å²) in [4.78, 5) is 4.04. The van der Waals surface area contributed by atoms with Gasteiger partial charge in [0.05, 0.1) is 18.0 Å². The molecule has 0 spiro atoms. The van der Waals surface area contributed by atoms with E-state index in [1.54, 1.807) is 12.3 Å². The topological polar surface area (TPSA) is 48.3 Å². The van der Waals surface area contributed by atoms with Crippen LogP contribution in [0.4, 0.5) is 4.39 Å². The highest BCUT2D eigenvalue weighted by molar-refractivity contribution is 6.31. The molecule has 0 unspecified atom stereocenters. The molecule has 1 aromatic heterocycles. The second kappa shape index (κ2) is 10.8. The van der Waals surface area contributed by atoms with Crippen molar-refractivity contribution in [2.75, 3.05) is 13.2 Å². The van der Waals surface area contributed by atoms with E-state index < -0.39 is 0 Å². The van der Waals surface area contributed by atoms with E-state index in [4.69, 9.17) is 21.1 Å². The third-order valence-corrected chi connectivity index (χ3v) is 4.72. The molecule has 0 saturated heterocycles. The third kappa shape index (κ3) is 6.48. The molecule has 3 rings (SSSR count). The number of imidazole rings is 1. The lowest BCUT2D eigenvalue weighted by Gasteiger charge is -2.14. The van der Waals surface area contributed by atoms with Crippen molar-refractivity contribution in [1.82, 2.24) is 14.9 Å². The maximum atomic E-state index is 13.2. The maximum Gasteiger partial charge on any atom is 0.161 e. The van der Waals surface area contributed by atoms with Crippen LogP contribution in [0.1, 0.15) is 24.5 Å². The van der Waals surface area contributed by atoms with Crippen LogP contribution < -0.4 is 14.8 Å². The Bertz CT molecular complexity index is 903. The number of nitrogens with zero attached hydrogens (tertiary/aromatic N) is 2. The van der Waals surface area contributed by atoms with Crippen molar-refractivity contribution >= 4 is 11.6 Å². The first-order valence-corrected chi connectivity index (χ1v) is 10.0. The van der Waals surface area contributed by atoms with Crippen LogP contribution in [0.5, 0.6) is 11.5 Å². The molecule has 29 heavy (non-hydrogen) atoms. The number of rotatable bonds is 11. The molecule has 0 atom stereocenters. The second-order valence-electron chi connectivity index (χ2n) is 6.57. The smallest absolute Gasteiger partial charge is 0.161 e. The zero-order valence-corrected chi connectivity index (χ0v) is 17.2. The van der Waals surface area contributed by atoms with Crippen LogP contribution in [-0.2, 0) is 19.7 Å². The van der Waals surface area contributed by atoms with Gasteiger partial charge in [-0.2, -0.15) is 0 Å². The Morgan fingerprint density at radius 2 is 2.03 bits per heavy atom. The van der Waals surface area contributed by atoms with E-state index in [2.05, 4.69) is 14.9 Å². The lowest BCUT2D eigenvalue weighted by Crippen LogP contribution is -2.16. The average Bonchev–Trinajstić information content (AvgIpc) is 3.22. The molecule has 7 heteroatoms. The van der Waals surface area contributed by atoms with Crippen LogP contribution in [0.25, 0.3) is 0 Å². The minimum Gasteiger partial charge on any atom is -0.490 e. The highest BCUT2D eigenvalue weighted by Gasteiger charge is 2.09. The first-order chi connectivity index (χ1) is 14.2. The van der Waals surface area contributed by atoms with Crippen LogP contribution in [0.2, 0.25) is 5.02 Å². The molecule has 5 nitrogen and oxygen atoms in total. The Labute approximate surface area is 175 Å². The average molecular weight is 418 g/mol. The Balaban J connectivity index is 1.53. The summed E-state index contributed by atoms with van der Waals surface area (Å²) in [6.07, 6.45) is 6.60. The molecule has 1 N–H and O–H groups in total. The van der Waals surface area contributed by atoms with Crippen molar-refractivity contribution in [3.63, 3.8) is 0 Å². The monoisotopic (exact) mass is 417 g/mol. The van der Waals surface area contributed by atoms with E-state index in [0.29, 0.717) is 23.1 Å². The SMILES string of the molecule is CCOc1cc(CNCCCn2ccnc2)ccc1OCc1ccc(F)cc1Cl.